The van der Waals surface area contributed by atoms with Crippen molar-refractivity contribution in [1.82, 2.24) is 4.57 Å². The third-order valence-electron chi connectivity index (χ3n) is 3.43. The van der Waals surface area contributed by atoms with Crippen molar-refractivity contribution in [2.45, 2.75) is 33.7 Å². The number of benzene rings is 1. The van der Waals surface area contributed by atoms with E-state index in [9.17, 15) is 9.90 Å². The smallest absolute Gasteiger partial charge is 0.254 e. The van der Waals surface area contributed by atoms with Gasteiger partial charge >= 0.3 is 0 Å². The predicted molar refractivity (Wildman–Crippen MR) is 87.7 cm³/mol. The highest BCUT2D eigenvalue weighted by atomic mass is 16.3. The standard InChI is InChI=1S/C16H22N4O2/c1-9(2)8-20-13(7-14(21)19-16(17)18)12-6-10(3)4-5-11(12)15(20)22/h4-6,9,22H,7-8H2,1-3H3,(H4,17,18,19,21). The molecular formula is C16H22N4O2. The largest absolute Gasteiger partial charge is 0.494 e. The molecule has 22 heavy (non-hydrogen) atoms. The highest BCUT2D eigenvalue weighted by molar-refractivity contribution is 5.97. The summed E-state index contributed by atoms with van der Waals surface area (Å²) >= 11 is 0. The molecule has 1 amide bonds. The molecule has 0 aliphatic rings. The van der Waals surface area contributed by atoms with E-state index in [1.807, 2.05) is 25.1 Å². The molecule has 0 radical (unpaired) electrons. The molecule has 6 nitrogen and oxygen atoms in total. The summed E-state index contributed by atoms with van der Waals surface area (Å²) in [5, 5.41) is 12.1. The number of aromatic nitrogens is 1. The second-order valence-electron chi connectivity index (χ2n) is 5.93. The molecule has 0 atom stereocenters. The molecule has 0 fully saturated rings. The first kappa shape index (κ1) is 15.9. The molecule has 118 valence electrons. The van der Waals surface area contributed by atoms with Crippen molar-refractivity contribution in [2.75, 3.05) is 0 Å². The number of fused-ring (bicyclic) bond motifs is 1. The Morgan fingerprint density at radius 1 is 1.32 bits per heavy atom. The van der Waals surface area contributed by atoms with Gasteiger partial charge in [-0.25, -0.2) is 0 Å². The average Bonchev–Trinajstić information content (AvgIpc) is 2.62. The zero-order valence-electron chi connectivity index (χ0n) is 13.1. The van der Waals surface area contributed by atoms with Crippen LogP contribution in [0, 0.1) is 12.8 Å². The van der Waals surface area contributed by atoms with Crippen LogP contribution in [0.1, 0.15) is 25.1 Å². The zero-order valence-corrected chi connectivity index (χ0v) is 13.1. The number of nitrogens with zero attached hydrogens (tertiary/aromatic N) is 2. The minimum Gasteiger partial charge on any atom is -0.494 e. The fourth-order valence-corrected chi connectivity index (χ4v) is 2.59. The maximum Gasteiger partial charge on any atom is 0.254 e. The van der Waals surface area contributed by atoms with Gasteiger partial charge in [-0.15, -0.1) is 0 Å². The molecule has 5 N–H and O–H groups in total. The third kappa shape index (κ3) is 3.21. The molecular weight excluding hydrogens is 280 g/mol. The average molecular weight is 302 g/mol. The molecule has 0 bridgehead atoms. The molecule has 0 spiro atoms. The number of aliphatic imine (C=N–C) groups is 1. The minimum absolute atomic E-state index is 0.0468. The van der Waals surface area contributed by atoms with Crippen LogP contribution in [0.15, 0.2) is 23.2 Å². The van der Waals surface area contributed by atoms with Crippen molar-refractivity contribution in [3.8, 4) is 5.88 Å². The summed E-state index contributed by atoms with van der Waals surface area (Å²) in [6.07, 6.45) is 0.0468. The number of hydrogen-bond acceptors (Lipinski definition) is 2. The molecule has 1 aromatic carbocycles. The van der Waals surface area contributed by atoms with Crippen LogP contribution in [0.2, 0.25) is 0 Å². The van der Waals surface area contributed by atoms with E-state index in [4.69, 9.17) is 11.5 Å². The molecule has 0 aliphatic heterocycles. The van der Waals surface area contributed by atoms with Crippen LogP contribution in [0.5, 0.6) is 5.88 Å². The van der Waals surface area contributed by atoms with Gasteiger partial charge < -0.3 is 21.1 Å². The Morgan fingerprint density at radius 2 is 2.00 bits per heavy atom. The van der Waals surface area contributed by atoms with Crippen LogP contribution < -0.4 is 11.5 Å². The van der Waals surface area contributed by atoms with E-state index in [-0.39, 0.29) is 18.3 Å². The highest BCUT2D eigenvalue weighted by Crippen LogP contribution is 2.33. The number of aryl methyl sites for hydroxylation is 1. The van der Waals surface area contributed by atoms with Gasteiger partial charge in [0.2, 0.25) is 0 Å². The lowest BCUT2D eigenvalue weighted by Gasteiger charge is -2.12. The predicted octanol–water partition coefficient (Wildman–Crippen LogP) is 1.65. The Bertz CT molecular complexity index is 740. The molecule has 6 heteroatoms. The van der Waals surface area contributed by atoms with Gasteiger partial charge in [-0.2, -0.15) is 4.99 Å². The number of amides is 1. The highest BCUT2D eigenvalue weighted by Gasteiger charge is 2.19. The number of aromatic hydroxyl groups is 1. The Balaban J connectivity index is 2.59. The molecule has 0 aliphatic carbocycles. The van der Waals surface area contributed by atoms with Crippen LogP contribution in [0.4, 0.5) is 0 Å². The maximum atomic E-state index is 12.0. The normalized spacial score (nSPS) is 11.1. The van der Waals surface area contributed by atoms with Crippen LogP contribution in [-0.4, -0.2) is 21.5 Å². The number of nitrogens with two attached hydrogens (primary N) is 2. The second-order valence-corrected chi connectivity index (χ2v) is 5.93. The van der Waals surface area contributed by atoms with E-state index < -0.39 is 5.91 Å². The van der Waals surface area contributed by atoms with Crippen LogP contribution >= 0.6 is 0 Å². The van der Waals surface area contributed by atoms with E-state index in [1.165, 1.54) is 0 Å². The number of rotatable bonds is 4. The Hall–Kier alpha value is -2.50. The van der Waals surface area contributed by atoms with E-state index in [2.05, 4.69) is 18.8 Å². The molecule has 2 rings (SSSR count). The Morgan fingerprint density at radius 3 is 2.59 bits per heavy atom. The van der Waals surface area contributed by atoms with Gasteiger partial charge in [-0.05, 0) is 25.0 Å². The summed E-state index contributed by atoms with van der Waals surface area (Å²) < 4.78 is 1.77. The molecule has 0 saturated carbocycles. The van der Waals surface area contributed by atoms with Crippen molar-refractivity contribution < 1.29 is 9.90 Å². The zero-order chi connectivity index (χ0) is 16.4. The molecule has 0 unspecified atom stereocenters. The van der Waals surface area contributed by atoms with Gasteiger partial charge in [-0.3, -0.25) is 4.79 Å². The van der Waals surface area contributed by atoms with Gasteiger partial charge in [-0.1, -0.05) is 25.5 Å². The fraction of sp³-hybridized carbons (Fsp3) is 0.375. The van der Waals surface area contributed by atoms with Crippen molar-refractivity contribution in [2.24, 2.45) is 22.4 Å². The summed E-state index contributed by atoms with van der Waals surface area (Å²) in [6.45, 7) is 6.69. The summed E-state index contributed by atoms with van der Waals surface area (Å²) in [5.41, 5.74) is 12.3. The number of guanidine groups is 1. The summed E-state index contributed by atoms with van der Waals surface area (Å²) in [5.74, 6) is -0.176. The van der Waals surface area contributed by atoms with E-state index >= 15 is 0 Å². The lowest BCUT2D eigenvalue weighted by Crippen LogP contribution is -2.25. The van der Waals surface area contributed by atoms with Gasteiger partial charge in [0.25, 0.3) is 5.91 Å². The van der Waals surface area contributed by atoms with Gasteiger partial charge in [0, 0.05) is 23.0 Å². The molecule has 2 aromatic rings. The van der Waals surface area contributed by atoms with E-state index in [0.717, 1.165) is 22.0 Å². The van der Waals surface area contributed by atoms with Crippen molar-refractivity contribution >= 4 is 22.6 Å². The third-order valence-corrected chi connectivity index (χ3v) is 3.43. The maximum absolute atomic E-state index is 12.0. The number of carbonyl (C=O) groups excluding carboxylic acids is 1. The first-order valence-electron chi connectivity index (χ1n) is 7.22. The van der Waals surface area contributed by atoms with E-state index in [0.29, 0.717) is 12.5 Å². The molecule has 0 saturated heterocycles. The molecule has 1 aromatic heterocycles. The van der Waals surface area contributed by atoms with Gasteiger partial charge in [0.1, 0.15) is 0 Å². The lowest BCUT2D eigenvalue weighted by atomic mass is 10.1. The van der Waals surface area contributed by atoms with Crippen LogP contribution in [0.25, 0.3) is 10.8 Å². The van der Waals surface area contributed by atoms with Crippen LogP contribution in [-0.2, 0) is 17.8 Å². The number of hydrogen-bond donors (Lipinski definition) is 3. The second kappa shape index (κ2) is 6.09. The Labute approximate surface area is 129 Å². The molecule has 1 heterocycles. The monoisotopic (exact) mass is 302 g/mol. The summed E-state index contributed by atoms with van der Waals surface area (Å²) in [6, 6.07) is 5.76. The minimum atomic E-state index is -0.425. The number of carbonyl (C=O) groups is 1. The quantitative estimate of drug-likeness (QED) is 0.589. The summed E-state index contributed by atoms with van der Waals surface area (Å²) in [4.78, 5) is 15.5. The summed E-state index contributed by atoms with van der Waals surface area (Å²) in [7, 11) is 0. The first-order chi connectivity index (χ1) is 10.3. The van der Waals surface area contributed by atoms with Crippen molar-refractivity contribution in [3.63, 3.8) is 0 Å². The topological polar surface area (TPSA) is 107 Å². The Kier molecular flexibility index (Phi) is 4.40. The first-order valence-corrected chi connectivity index (χ1v) is 7.22. The lowest BCUT2D eigenvalue weighted by molar-refractivity contribution is -0.117. The van der Waals surface area contributed by atoms with Crippen LogP contribution in [0.3, 0.4) is 0 Å². The van der Waals surface area contributed by atoms with Crippen molar-refractivity contribution in [3.05, 3.63) is 29.5 Å². The van der Waals surface area contributed by atoms with Gasteiger partial charge in [0.05, 0.1) is 6.42 Å². The van der Waals surface area contributed by atoms with Gasteiger partial charge in [0.15, 0.2) is 11.8 Å². The van der Waals surface area contributed by atoms with Crippen molar-refractivity contribution in [1.29, 1.82) is 0 Å². The van der Waals surface area contributed by atoms with E-state index in [1.54, 1.807) is 4.57 Å². The fourth-order valence-electron chi connectivity index (χ4n) is 2.59. The SMILES string of the molecule is Cc1ccc2c(O)n(CC(C)C)c(CC(=O)N=C(N)N)c2c1.